The maximum atomic E-state index is 12.0. The highest BCUT2D eigenvalue weighted by molar-refractivity contribution is 5.98. The van der Waals surface area contributed by atoms with Gasteiger partial charge >= 0.3 is 0 Å². The number of hydrogen-bond acceptors (Lipinski definition) is 4. The number of nitro benzene ring substituents is 1. The zero-order valence-electron chi connectivity index (χ0n) is 11.0. The van der Waals surface area contributed by atoms with Gasteiger partial charge in [0.05, 0.1) is 11.2 Å². The van der Waals surface area contributed by atoms with Gasteiger partial charge in [-0.15, -0.1) is 0 Å². The summed E-state index contributed by atoms with van der Waals surface area (Å²) in [5.74, 6) is 0.302. The van der Waals surface area contributed by atoms with E-state index in [1.54, 1.807) is 37.5 Å². The van der Waals surface area contributed by atoms with Crippen LogP contribution >= 0.6 is 0 Å². The Balaban J connectivity index is 2.06. The van der Waals surface area contributed by atoms with Crippen LogP contribution in [-0.4, -0.2) is 17.4 Å². The molecule has 0 unspecified atom stereocenters. The van der Waals surface area contributed by atoms with Crippen LogP contribution in [0.25, 0.3) is 0 Å². The Bertz CT molecular complexity index is 620. The Morgan fingerprint density at radius 2 is 2.15 bits per heavy atom. The second kappa shape index (κ2) is 6.01. The number of carbonyl (C=O) groups excluding carboxylic acids is 1. The van der Waals surface area contributed by atoms with Crippen LogP contribution < -0.4 is 5.32 Å². The molecule has 0 spiro atoms. The summed E-state index contributed by atoms with van der Waals surface area (Å²) in [5, 5.41) is 13.7. The lowest BCUT2D eigenvalue weighted by Gasteiger charge is -2.06. The van der Waals surface area contributed by atoms with E-state index in [2.05, 4.69) is 5.32 Å². The van der Waals surface area contributed by atoms with Crippen LogP contribution in [0.2, 0.25) is 0 Å². The van der Waals surface area contributed by atoms with E-state index in [0.717, 1.165) is 5.76 Å². The van der Waals surface area contributed by atoms with E-state index in [9.17, 15) is 14.9 Å². The molecule has 1 aromatic carbocycles. The molecule has 0 saturated heterocycles. The molecule has 1 heterocycles. The normalized spacial score (nSPS) is 10.2. The minimum absolute atomic E-state index is 0.0782. The number of furan rings is 1. The largest absolute Gasteiger partial charge is 0.469 e. The quantitative estimate of drug-likeness (QED) is 0.670. The molecule has 2 rings (SSSR count). The topological polar surface area (TPSA) is 85.4 Å². The standard InChI is InChI=1S/C14H14N2O4/c1-10-4-2-6-12(13(10)16(18)19)14(17)15-8-7-11-5-3-9-20-11/h2-6,9H,7-8H2,1H3,(H,15,17). The summed E-state index contributed by atoms with van der Waals surface area (Å²) in [7, 11) is 0. The average Bonchev–Trinajstić information content (AvgIpc) is 2.91. The Morgan fingerprint density at radius 1 is 1.35 bits per heavy atom. The van der Waals surface area contributed by atoms with Crippen molar-refractivity contribution in [3.63, 3.8) is 0 Å². The van der Waals surface area contributed by atoms with Crippen molar-refractivity contribution in [2.75, 3.05) is 6.54 Å². The Labute approximate surface area is 115 Å². The van der Waals surface area contributed by atoms with Gasteiger partial charge in [0.25, 0.3) is 11.6 Å². The molecule has 6 heteroatoms. The Kier molecular flexibility index (Phi) is 4.14. The molecule has 0 bridgehead atoms. The number of nitrogens with zero attached hydrogens (tertiary/aromatic N) is 1. The van der Waals surface area contributed by atoms with Gasteiger partial charge in [-0.25, -0.2) is 0 Å². The average molecular weight is 274 g/mol. The van der Waals surface area contributed by atoms with Crippen molar-refractivity contribution in [1.82, 2.24) is 5.32 Å². The molecule has 1 aromatic heterocycles. The molecule has 2 aromatic rings. The first-order valence-electron chi connectivity index (χ1n) is 6.14. The number of nitro groups is 1. The minimum Gasteiger partial charge on any atom is -0.469 e. The van der Waals surface area contributed by atoms with Gasteiger partial charge in [0, 0.05) is 18.5 Å². The summed E-state index contributed by atoms with van der Waals surface area (Å²) in [6.45, 7) is 1.97. The number of aryl methyl sites for hydroxylation is 1. The van der Waals surface area contributed by atoms with Crippen molar-refractivity contribution in [2.24, 2.45) is 0 Å². The van der Waals surface area contributed by atoms with Gasteiger partial charge in [-0.1, -0.05) is 12.1 Å². The smallest absolute Gasteiger partial charge is 0.285 e. The van der Waals surface area contributed by atoms with Crippen LogP contribution in [0.3, 0.4) is 0 Å². The molecule has 0 fully saturated rings. The SMILES string of the molecule is Cc1cccc(C(=O)NCCc2ccco2)c1[N+](=O)[O-]. The number of nitrogens with one attached hydrogen (secondary N) is 1. The molecule has 0 aliphatic heterocycles. The maximum Gasteiger partial charge on any atom is 0.285 e. The van der Waals surface area contributed by atoms with E-state index in [1.807, 2.05) is 0 Å². The molecule has 0 aliphatic carbocycles. The van der Waals surface area contributed by atoms with Gasteiger partial charge in [0.15, 0.2) is 0 Å². The highest BCUT2D eigenvalue weighted by Gasteiger charge is 2.21. The first kappa shape index (κ1) is 13.8. The van der Waals surface area contributed by atoms with Crippen molar-refractivity contribution in [1.29, 1.82) is 0 Å². The summed E-state index contributed by atoms with van der Waals surface area (Å²) < 4.78 is 5.14. The van der Waals surface area contributed by atoms with Gasteiger partial charge in [-0.2, -0.15) is 0 Å². The molecule has 0 saturated carbocycles. The van der Waals surface area contributed by atoms with Crippen LogP contribution in [0, 0.1) is 17.0 Å². The van der Waals surface area contributed by atoms with E-state index in [0.29, 0.717) is 18.5 Å². The minimum atomic E-state index is -0.531. The fourth-order valence-corrected chi connectivity index (χ4v) is 1.93. The molecular weight excluding hydrogens is 260 g/mol. The van der Waals surface area contributed by atoms with E-state index < -0.39 is 10.8 Å². The van der Waals surface area contributed by atoms with Crippen LogP contribution in [0.1, 0.15) is 21.7 Å². The van der Waals surface area contributed by atoms with E-state index >= 15 is 0 Å². The fraction of sp³-hybridized carbons (Fsp3) is 0.214. The second-order valence-electron chi connectivity index (χ2n) is 4.31. The number of carbonyl (C=O) groups is 1. The zero-order valence-corrected chi connectivity index (χ0v) is 11.0. The maximum absolute atomic E-state index is 12.0. The zero-order chi connectivity index (χ0) is 14.5. The predicted octanol–water partition coefficient (Wildman–Crippen LogP) is 2.47. The number of para-hydroxylation sites is 1. The third-order valence-corrected chi connectivity index (χ3v) is 2.90. The van der Waals surface area contributed by atoms with Gasteiger partial charge in [-0.3, -0.25) is 14.9 Å². The lowest BCUT2D eigenvalue weighted by molar-refractivity contribution is -0.385. The molecule has 104 valence electrons. The highest BCUT2D eigenvalue weighted by Crippen LogP contribution is 2.22. The summed E-state index contributed by atoms with van der Waals surface area (Å²) in [6.07, 6.45) is 2.10. The molecule has 1 N–H and O–H groups in total. The van der Waals surface area contributed by atoms with E-state index in [-0.39, 0.29) is 11.3 Å². The van der Waals surface area contributed by atoms with Crippen LogP contribution in [-0.2, 0) is 6.42 Å². The number of amides is 1. The fourth-order valence-electron chi connectivity index (χ4n) is 1.93. The monoisotopic (exact) mass is 274 g/mol. The molecule has 0 aliphatic rings. The summed E-state index contributed by atoms with van der Waals surface area (Å²) in [6, 6.07) is 8.26. The number of benzene rings is 1. The van der Waals surface area contributed by atoms with Crippen LogP contribution in [0.15, 0.2) is 41.0 Å². The summed E-state index contributed by atoms with van der Waals surface area (Å²) in [4.78, 5) is 22.5. The predicted molar refractivity (Wildman–Crippen MR) is 72.6 cm³/mol. The highest BCUT2D eigenvalue weighted by atomic mass is 16.6. The molecule has 0 radical (unpaired) electrons. The summed E-state index contributed by atoms with van der Waals surface area (Å²) in [5.41, 5.74) is 0.395. The van der Waals surface area contributed by atoms with Gasteiger partial charge in [0.1, 0.15) is 11.3 Å². The van der Waals surface area contributed by atoms with Crippen molar-refractivity contribution in [3.05, 3.63) is 63.6 Å². The van der Waals surface area contributed by atoms with Crippen LogP contribution in [0.4, 0.5) is 5.69 Å². The molecule has 1 amide bonds. The third-order valence-electron chi connectivity index (χ3n) is 2.90. The van der Waals surface area contributed by atoms with Crippen LogP contribution in [0.5, 0.6) is 0 Å². The first-order chi connectivity index (χ1) is 9.59. The van der Waals surface area contributed by atoms with Crippen molar-refractivity contribution < 1.29 is 14.1 Å². The van der Waals surface area contributed by atoms with Gasteiger partial charge in [-0.05, 0) is 25.1 Å². The Hall–Kier alpha value is -2.63. The van der Waals surface area contributed by atoms with Crippen molar-refractivity contribution in [2.45, 2.75) is 13.3 Å². The van der Waals surface area contributed by atoms with Crippen molar-refractivity contribution >= 4 is 11.6 Å². The van der Waals surface area contributed by atoms with E-state index in [4.69, 9.17) is 4.42 Å². The molecule has 0 atom stereocenters. The lowest BCUT2D eigenvalue weighted by atomic mass is 10.1. The Morgan fingerprint density at radius 3 is 2.80 bits per heavy atom. The number of rotatable bonds is 5. The first-order valence-corrected chi connectivity index (χ1v) is 6.14. The number of hydrogen-bond donors (Lipinski definition) is 1. The molecule has 20 heavy (non-hydrogen) atoms. The molecular formula is C14H14N2O4. The second-order valence-corrected chi connectivity index (χ2v) is 4.31. The van der Waals surface area contributed by atoms with Gasteiger partial charge in [0.2, 0.25) is 0 Å². The summed E-state index contributed by atoms with van der Waals surface area (Å²) >= 11 is 0. The van der Waals surface area contributed by atoms with Crippen molar-refractivity contribution in [3.8, 4) is 0 Å². The third kappa shape index (κ3) is 3.03. The molecule has 6 nitrogen and oxygen atoms in total. The van der Waals surface area contributed by atoms with Gasteiger partial charge < -0.3 is 9.73 Å². The van der Waals surface area contributed by atoms with E-state index in [1.165, 1.54) is 6.07 Å². The lowest BCUT2D eigenvalue weighted by Crippen LogP contribution is -2.26.